The van der Waals surface area contributed by atoms with Crippen molar-refractivity contribution < 1.29 is 19.4 Å². The van der Waals surface area contributed by atoms with E-state index in [9.17, 15) is 9.90 Å². The fraction of sp³-hybridized carbons (Fsp3) is 0.667. The van der Waals surface area contributed by atoms with Crippen LogP contribution in [-0.2, 0) is 16.0 Å². The molecule has 0 radical (unpaired) electrons. The Hall–Kier alpha value is -1.02. The minimum atomic E-state index is -0.376. The lowest BCUT2D eigenvalue weighted by atomic mass is 10.2. The number of morpholine rings is 1. The average Bonchev–Trinajstić information content (AvgIpc) is 2.88. The van der Waals surface area contributed by atoms with Crippen LogP contribution in [0.5, 0.6) is 0 Å². The van der Waals surface area contributed by atoms with E-state index in [1.807, 2.05) is 5.38 Å². The van der Waals surface area contributed by atoms with E-state index in [1.165, 1.54) is 11.3 Å². The number of esters is 1. The first kappa shape index (κ1) is 14.4. The van der Waals surface area contributed by atoms with Crippen LogP contribution < -0.4 is 0 Å². The number of aliphatic hydroxyl groups excluding tert-OH is 1. The van der Waals surface area contributed by atoms with E-state index in [4.69, 9.17) is 9.47 Å². The van der Waals surface area contributed by atoms with Gasteiger partial charge in [0.15, 0.2) is 0 Å². The lowest BCUT2D eigenvalue weighted by Gasteiger charge is -2.33. The predicted octanol–water partition coefficient (Wildman–Crippen LogP) is 0.513. The van der Waals surface area contributed by atoms with Gasteiger partial charge in [0.1, 0.15) is 0 Å². The summed E-state index contributed by atoms with van der Waals surface area (Å²) in [6.07, 6.45) is 0. The number of hydrogen-bond donors (Lipinski definition) is 1. The van der Waals surface area contributed by atoms with Crippen LogP contribution in [0.3, 0.4) is 0 Å². The lowest BCUT2D eigenvalue weighted by Crippen LogP contribution is -2.46. The SMILES string of the molecule is CCOC(=O)c1nc(CN2CCOCC2CO)cs1. The van der Waals surface area contributed by atoms with E-state index in [1.54, 1.807) is 6.92 Å². The number of carbonyl (C=O) groups excluding carboxylic acids is 1. The van der Waals surface area contributed by atoms with Crippen molar-refractivity contribution >= 4 is 17.3 Å². The number of hydrogen-bond acceptors (Lipinski definition) is 7. The van der Waals surface area contributed by atoms with Gasteiger partial charge in [0.05, 0.1) is 38.2 Å². The first-order valence-electron chi connectivity index (χ1n) is 6.28. The molecule has 0 spiro atoms. The summed E-state index contributed by atoms with van der Waals surface area (Å²) in [6.45, 7) is 4.75. The summed E-state index contributed by atoms with van der Waals surface area (Å²) in [7, 11) is 0. The summed E-state index contributed by atoms with van der Waals surface area (Å²) in [6, 6.07) is 0.00138. The lowest BCUT2D eigenvalue weighted by molar-refractivity contribution is -0.0317. The standard InChI is InChI=1S/C12H18N2O4S/c1-2-18-12(16)11-13-9(8-19-11)5-14-3-4-17-7-10(14)6-15/h8,10,15H,2-7H2,1H3. The second-order valence-corrected chi connectivity index (χ2v) is 5.10. The van der Waals surface area contributed by atoms with Crippen molar-refractivity contribution in [1.29, 1.82) is 0 Å². The Morgan fingerprint density at radius 3 is 3.32 bits per heavy atom. The molecule has 6 nitrogen and oxygen atoms in total. The molecule has 0 aromatic carbocycles. The Balaban J connectivity index is 1.97. The van der Waals surface area contributed by atoms with Crippen LogP contribution in [0.4, 0.5) is 0 Å². The molecule has 1 aromatic heterocycles. The highest BCUT2D eigenvalue weighted by Crippen LogP contribution is 2.16. The molecule has 1 unspecified atom stereocenters. The van der Waals surface area contributed by atoms with Gasteiger partial charge in [-0.1, -0.05) is 0 Å². The predicted molar refractivity (Wildman–Crippen MR) is 70.2 cm³/mol. The second kappa shape index (κ2) is 6.95. The molecule has 0 amide bonds. The Bertz CT molecular complexity index is 424. The first-order valence-corrected chi connectivity index (χ1v) is 7.16. The van der Waals surface area contributed by atoms with Crippen LogP contribution in [0.25, 0.3) is 0 Å². The molecule has 1 aromatic rings. The molecule has 1 fully saturated rings. The maximum absolute atomic E-state index is 11.5. The fourth-order valence-corrected chi connectivity index (χ4v) is 2.64. The van der Waals surface area contributed by atoms with E-state index in [0.717, 1.165) is 12.2 Å². The van der Waals surface area contributed by atoms with E-state index in [0.29, 0.717) is 31.4 Å². The molecule has 1 aliphatic heterocycles. The molecule has 19 heavy (non-hydrogen) atoms. The fourth-order valence-electron chi connectivity index (χ4n) is 1.94. The summed E-state index contributed by atoms with van der Waals surface area (Å²) in [5, 5.41) is 11.5. The summed E-state index contributed by atoms with van der Waals surface area (Å²) in [5.74, 6) is -0.376. The minimum Gasteiger partial charge on any atom is -0.461 e. The smallest absolute Gasteiger partial charge is 0.367 e. The number of thiazole rings is 1. The van der Waals surface area contributed by atoms with Gasteiger partial charge in [-0.15, -0.1) is 11.3 Å². The van der Waals surface area contributed by atoms with Crippen molar-refractivity contribution in [2.24, 2.45) is 0 Å². The van der Waals surface area contributed by atoms with Gasteiger partial charge in [-0.05, 0) is 6.92 Å². The van der Waals surface area contributed by atoms with Crippen molar-refractivity contribution in [3.8, 4) is 0 Å². The molecule has 1 N–H and O–H groups in total. The summed E-state index contributed by atoms with van der Waals surface area (Å²) in [5.41, 5.74) is 0.827. The van der Waals surface area contributed by atoms with Gasteiger partial charge in [-0.3, -0.25) is 4.90 Å². The van der Waals surface area contributed by atoms with Gasteiger partial charge < -0.3 is 14.6 Å². The van der Waals surface area contributed by atoms with Gasteiger partial charge in [0.2, 0.25) is 5.01 Å². The van der Waals surface area contributed by atoms with Crippen LogP contribution in [0.1, 0.15) is 22.4 Å². The minimum absolute atomic E-state index is 0.00138. The summed E-state index contributed by atoms with van der Waals surface area (Å²) in [4.78, 5) is 17.9. The maximum Gasteiger partial charge on any atom is 0.367 e. The Kier molecular flexibility index (Phi) is 5.26. The van der Waals surface area contributed by atoms with Gasteiger partial charge >= 0.3 is 5.97 Å². The van der Waals surface area contributed by atoms with Crippen LogP contribution in [0.15, 0.2) is 5.38 Å². The number of carbonyl (C=O) groups is 1. The largest absolute Gasteiger partial charge is 0.461 e. The Morgan fingerprint density at radius 2 is 2.58 bits per heavy atom. The highest BCUT2D eigenvalue weighted by molar-refractivity contribution is 7.11. The molecule has 106 valence electrons. The normalized spacial score (nSPS) is 20.4. The van der Waals surface area contributed by atoms with E-state index in [2.05, 4.69) is 9.88 Å². The summed E-state index contributed by atoms with van der Waals surface area (Å²) >= 11 is 1.29. The Labute approximate surface area is 116 Å². The third-order valence-electron chi connectivity index (χ3n) is 2.93. The van der Waals surface area contributed by atoms with Crippen molar-refractivity contribution in [2.75, 3.05) is 33.0 Å². The van der Waals surface area contributed by atoms with E-state index >= 15 is 0 Å². The van der Waals surface area contributed by atoms with Crippen LogP contribution in [-0.4, -0.2) is 60.0 Å². The Morgan fingerprint density at radius 1 is 1.74 bits per heavy atom. The molecule has 0 aliphatic carbocycles. The van der Waals surface area contributed by atoms with E-state index < -0.39 is 0 Å². The quantitative estimate of drug-likeness (QED) is 0.795. The monoisotopic (exact) mass is 286 g/mol. The third-order valence-corrected chi connectivity index (χ3v) is 3.80. The van der Waals surface area contributed by atoms with Crippen molar-refractivity contribution in [3.05, 3.63) is 16.1 Å². The van der Waals surface area contributed by atoms with Gasteiger partial charge in [0, 0.05) is 18.5 Å². The van der Waals surface area contributed by atoms with Crippen LogP contribution in [0, 0.1) is 0 Å². The number of aromatic nitrogens is 1. The van der Waals surface area contributed by atoms with Crippen LogP contribution in [0.2, 0.25) is 0 Å². The molecule has 0 bridgehead atoms. The highest BCUT2D eigenvalue weighted by Gasteiger charge is 2.23. The molecular weight excluding hydrogens is 268 g/mol. The zero-order valence-electron chi connectivity index (χ0n) is 10.9. The van der Waals surface area contributed by atoms with E-state index in [-0.39, 0.29) is 18.6 Å². The zero-order valence-corrected chi connectivity index (χ0v) is 11.7. The molecule has 1 saturated heterocycles. The number of nitrogens with zero attached hydrogens (tertiary/aromatic N) is 2. The molecule has 7 heteroatoms. The summed E-state index contributed by atoms with van der Waals surface area (Å²) < 4.78 is 10.2. The van der Waals surface area contributed by atoms with Crippen LogP contribution >= 0.6 is 11.3 Å². The number of rotatable bonds is 5. The highest BCUT2D eigenvalue weighted by atomic mass is 32.1. The zero-order chi connectivity index (χ0) is 13.7. The first-order chi connectivity index (χ1) is 9.24. The van der Waals surface area contributed by atoms with Crippen molar-refractivity contribution in [2.45, 2.75) is 19.5 Å². The molecule has 1 atom stereocenters. The van der Waals surface area contributed by atoms with Crippen molar-refractivity contribution in [3.63, 3.8) is 0 Å². The second-order valence-electron chi connectivity index (χ2n) is 4.25. The molecular formula is C12H18N2O4S. The van der Waals surface area contributed by atoms with Crippen molar-refractivity contribution in [1.82, 2.24) is 9.88 Å². The maximum atomic E-state index is 11.5. The van der Waals surface area contributed by atoms with Gasteiger partial charge in [0.25, 0.3) is 0 Å². The van der Waals surface area contributed by atoms with Gasteiger partial charge in [-0.2, -0.15) is 0 Å². The molecule has 1 aliphatic rings. The molecule has 2 heterocycles. The number of ether oxygens (including phenoxy) is 2. The molecule has 0 saturated carbocycles. The molecule has 2 rings (SSSR count). The topological polar surface area (TPSA) is 71.9 Å². The number of aliphatic hydroxyl groups is 1. The third kappa shape index (κ3) is 3.73. The van der Waals surface area contributed by atoms with Gasteiger partial charge in [-0.25, -0.2) is 9.78 Å². The average molecular weight is 286 g/mol.